The highest BCUT2D eigenvalue weighted by atomic mass is 35.5. The Balaban J connectivity index is 2.24. The largest absolute Gasteiger partial charge is 0.315 e. The molecule has 2 rings (SSSR count). The number of benzene rings is 1. The second-order valence-corrected chi connectivity index (χ2v) is 6.78. The zero-order valence-corrected chi connectivity index (χ0v) is 14.0. The molecule has 4 heteroatoms. The summed E-state index contributed by atoms with van der Waals surface area (Å²) in [6.07, 6.45) is 6.83. The Morgan fingerprint density at radius 3 is 2.48 bits per heavy atom. The van der Waals surface area contributed by atoms with Crippen LogP contribution in [-0.4, -0.2) is 37.6 Å². The summed E-state index contributed by atoms with van der Waals surface area (Å²) in [5, 5.41) is 3.90. The van der Waals surface area contributed by atoms with Gasteiger partial charge >= 0.3 is 0 Å². The Morgan fingerprint density at radius 2 is 1.95 bits per heavy atom. The number of nitrogens with one attached hydrogen (secondary N) is 1. The van der Waals surface area contributed by atoms with Gasteiger partial charge in [-0.15, -0.1) is 0 Å². The Labute approximate surface area is 132 Å². The second kappa shape index (κ2) is 7.08. The minimum absolute atomic E-state index is 0.110. The van der Waals surface area contributed by atoms with E-state index in [1.165, 1.54) is 38.2 Å². The van der Waals surface area contributed by atoms with Crippen molar-refractivity contribution in [2.24, 2.45) is 0 Å². The van der Waals surface area contributed by atoms with Crippen molar-refractivity contribution in [3.63, 3.8) is 0 Å². The summed E-state index contributed by atoms with van der Waals surface area (Å²) < 4.78 is 14.1. The molecule has 1 atom stereocenters. The number of halogens is 2. The first-order valence-electron chi connectivity index (χ1n) is 7.78. The van der Waals surface area contributed by atoms with Crippen LogP contribution in [0.3, 0.4) is 0 Å². The molecule has 2 nitrogen and oxygen atoms in total. The molecule has 1 N–H and O–H groups in total. The van der Waals surface area contributed by atoms with Crippen LogP contribution in [0.1, 0.15) is 37.7 Å². The number of hydrogen-bond donors (Lipinski definition) is 1. The first-order valence-corrected chi connectivity index (χ1v) is 8.16. The van der Waals surface area contributed by atoms with E-state index in [0.717, 1.165) is 5.56 Å². The molecule has 0 amide bonds. The van der Waals surface area contributed by atoms with Crippen molar-refractivity contribution in [3.05, 3.63) is 34.6 Å². The first-order chi connectivity index (χ1) is 9.99. The van der Waals surface area contributed by atoms with E-state index < -0.39 is 0 Å². The third kappa shape index (κ3) is 3.58. The molecule has 118 valence electrons. The molecule has 1 aliphatic carbocycles. The molecular weight excluding hydrogens is 287 g/mol. The molecule has 21 heavy (non-hydrogen) atoms. The van der Waals surface area contributed by atoms with Gasteiger partial charge in [0.1, 0.15) is 5.82 Å². The molecule has 0 saturated heterocycles. The maximum Gasteiger partial charge on any atom is 0.127 e. The summed E-state index contributed by atoms with van der Waals surface area (Å²) in [7, 11) is 6.28. The van der Waals surface area contributed by atoms with E-state index in [9.17, 15) is 4.39 Å². The van der Waals surface area contributed by atoms with E-state index in [0.29, 0.717) is 11.4 Å². The van der Waals surface area contributed by atoms with Crippen LogP contribution in [0.2, 0.25) is 5.02 Å². The van der Waals surface area contributed by atoms with Gasteiger partial charge < -0.3 is 10.2 Å². The lowest BCUT2D eigenvalue weighted by molar-refractivity contribution is 0.0595. The van der Waals surface area contributed by atoms with Crippen LogP contribution in [0.15, 0.2) is 18.2 Å². The van der Waals surface area contributed by atoms with Crippen LogP contribution in [0.4, 0.5) is 4.39 Å². The quantitative estimate of drug-likeness (QED) is 0.888. The van der Waals surface area contributed by atoms with E-state index in [-0.39, 0.29) is 17.4 Å². The van der Waals surface area contributed by atoms with Gasteiger partial charge in [-0.2, -0.15) is 0 Å². The molecule has 1 fully saturated rings. The van der Waals surface area contributed by atoms with Crippen LogP contribution < -0.4 is 5.32 Å². The fourth-order valence-corrected chi connectivity index (χ4v) is 3.90. The van der Waals surface area contributed by atoms with Crippen molar-refractivity contribution in [3.8, 4) is 0 Å². The van der Waals surface area contributed by atoms with E-state index in [4.69, 9.17) is 11.6 Å². The SMILES string of the molecule is CNC(Cc1ccc(Cl)cc1F)C1(N(C)C)CCCCC1. The highest BCUT2D eigenvalue weighted by Crippen LogP contribution is 2.36. The van der Waals surface area contributed by atoms with Gasteiger partial charge in [0.25, 0.3) is 0 Å². The zero-order valence-electron chi connectivity index (χ0n) is 13.3. The van der Waals surface area contributed by atoms with Gasteiger partial charge in [-0.25, -0.2) is 4.39 Å². The van der Waals surface area contributed by atoms with Crippen LogP contribution in [-0.2, 0) is 6.42 Å². The summed E-state index contributed by atoms with van der Waals surface area (Å²) in [4.78, 5) is 2.33. The van der Waals surface area contributed by atoms with Crippen LogP contribution in [0.5, 0.6) is 0 Å². The predicted molar refractivity (Wildman–Crippen MR) is 87.5 cm³/mol. The number of nitrogens with zero attached hydrogens (tertiary/aromatic N) is 1. The topological polar surface area (TPSA) is 15.3 Å². The Hall–Kier alpha value is -0.640. The van der Waals surface area contributed by atoms with Crippen molar-refractivity contribution in [2.45, 2.75) is 50.1 Å². The summed E-state index contributed by atoms with van der Waals surface area (Å²) >= 11 is 5.85. The molecule has 0 aromatic heterocycles. The molecule has 1 unspecified atom stereocenters. The molecular formula is C17H26ClFN2. The van der Waals surface area contributed by atoms with Crippen molar-refractivity contribution in [1.29, 1.82) is 0 Å². The molecule has 1 aromatic carbocycles. The highest BCUT2D eigenvalue weighted by Gasteiger charge is 2.41. The van der Waals surface area contributed by atoms with Crippen molar-refractivity contribution in [1.82, 2.24) is 10.2 Å². The Morgan fingerprint density at radius 1 is 1.29 bits per heavy atom. The van der Waals surface area contributed by atoms with Crippen LogP contribution in [0, 0.1) is 5.82 Å². The molecule has 1 aromatic rings. The second-order valence-electron chi connectivity index (χ2n) is 6.34. The van der Waals surface area contributed by atoms with E-state index in [2.05, 4.69) is 24.3 Å². The van der Waals surface area contributed by atoms with Crippen molar-refractivity contribution < 1.29 is 4.39 Å². The predicted octanol–water partition coefficient (Wildman–Crippen LogP) is 3.87. The Kier molecular flexibility index (Phi) is 5.64. The van der Waals surface area contributed by atoms with Crippen LogP contribution >= 0.6 is 11.6 Å². The normalized spacial score (nSPS) is 19.7. The third-order valence-electron chi connectivity index (χ3n) is 5.05. The molecule has 1 saturated carbocycles. The standard InChI is InChI=1S/C17H26ClFN2/c1-20-16(11-13-7-8-14(18)12-15(13)19)17(21(2)3)9-5-4-6-10-17/h7-8,12,16,20H,4-6,9-11H2,1-3H3. The monoisotopic (exact) mass is 312 g/mol. The van der Waals surface area contributed by atoms with Gasteiger partial charge in [0, 0.05) is 16.6 Å². The molecule has 1 aliphatic rings. The van der Waals surface area contributed by atoms with E-state index in [1.54, 1.807) is 6.07 Å². The minimum Gasteiger partial charge on any atom is -0.315 e. The van der Waals surface area contributed by atoms with Crippen molar-refractivity contribution in [2.75, 3.05) is 21.1 Å². The number of hydrogen-bond acceptors (Lipinski definition) is 2. The van der Waals surface area contributed by atoms with Gasteiger partial charge in [0.05, 0.1) is 0 Å². The number of likely N-dealkylation sites (N-methyl/N-ethyl adjacent to an activating group) is 2. The van der Waals surface area contributed by atoms with Gasteiger partial charge in [-0.05, 0) is 58.1 Å². The summed E-state index contributed by atoms with van der Waals surface area (Å²) in [5.74, 6) is -0.201. The molecule has 0 heterocycles. The van der Waals surface area contributed by atoms with Crippen LogP contribution in [0.25, 0.3) is 0 Å². The van der Waals surface area contributed by atoms with Gasteiger partial charge in [-0.1, -0.05) is 36.9 Å². The average Bonchev–Trinajstić information content (AvgIpc) is 2.47. The maximum atomic E-state index is 14.1. The van der Waals surface area contributed by atoms with E-state index in [1.807, 2.05) is 13.1 Å². The fourth-order valence-electron chi connectivity index (χ4n) is 3.74. The number of rotatable bonds is 5. The lowest BCUT2D eigenvalue weighted by atomic mass is 9.73. The summed E-state index contributed by atoms with van der Waals surface area (Å²) in [6.45, 7) is 0. The minimum atomic E-state index is -0.201. The average molecular weight is 313 g/mol. The lowest BCUT2D eigenvalue weighted by Crippen LogP contribution is -2.60. The summed E-state index contributed by atoms with van der Waals surface area (Å²) in [6, 6.07) is 5.24. The molecule has 0 spiro atoms. The van der Waals surface area contributed by atoms with Gasteiger partial charge in [0.2, 0.25) is 0 Å². The highest BCUT2D eigenvalue weighted by molar-refractivity contribution is 6.30. The van der Waals surface area contributed by atoms with Gasteiger partial charge in [0.15, 0.2) is 0 Å². The third-order valence-corrected chi connectivity index (χ3v) is 5.28. The summed E-state index contributed by atoms with van der Waals surface area (Å²) in [5.41, 5.74) is 0.851. The zero-order chi connectivity index (χ0) is 15.5. The molecule has 0 radical (unpaired) electrons. The van der Waals surface area contributed by atoms with Gasteiger partial charge in [-0.3, -0.25) is 0 Å². The first kappa shape index (κ1) is 16.7. The maximum absolute atomic E-state index is 14.1. The lowest BCUT2D eigenvalue weighted by Gasteiger charge is -2.48. The molecule has 0 bridgehead atoms. The van der Waals surface area contributed by atoms with E-state index >= 15 is 0 Å². The molecule has 0 aliphatic heterocycles. The smallest absolute Gasteiger partial charge is 0.127 e. The Bertz CT molecular complexity index is 470. The van der Waals surface area contributed by atoms with Crippen molar-refractivity contribution >= 4 is 11.6 Å². The fraction of sp³-hybridized carbons (Fsp3) is 0.647.